The minimum absolute atomic E-state index is 0.311. The second kappa shape index (κ2) is 6.91. The Labute approximate surface area is 121 Å². The molecule has 0 saturated heterocycles. The van der Waals surface area contributed by atoms with Crippen molar-refractivity contribution in [1.29, 1.82) is 0 Å². The van der Waals surface area contributed by atoms with E-state index in [0.29, 0.717) is 21.9 Å². The number of carbonyl (C=O) groups is 2. The summed E-state index contributed by atoms with van der Waals surface area (Å²) in [5, 5.41) is 6.64. The number of primary amides is 1. The fourth-order valence-electron chi connectivity index (χ4n) is 1.47. The number of hydrogen-bond acceptors (Lipinski definition) is 4. The zero-order valence-corrected chi connectivity index (χ0v) is 12.2. The second-order valence-electron chi connectivity index (χ2n) is 4.19. The van der Waals surface area contributed by atoms with Gasteiger partial charge in [0.15, 0.2) is 0 Å². The molecule has 0 unspecified atom stereocenters. The first-order valence-electron chi connectivity index (χ1n) is 5.84. The average molecular weight is 298 g/mol. The molecule has 0 aromatic heterocycles. The molecule has 0 fully saturated rings. The highest BCUT2D eigenvalue weighted by atomic mass is 35.5. The number of hydrogen-bond donors (Lipinski definition) is 2. The minimum atomic E-state index is -0.765. The van der Waals surface area contributed by atoms with Crippen LogP contribution in [0.3, 0.4) is 0 Å². The van der Waals surface area contributed by atoms with Crippen LogP contribution in [0.25, 0.3) is 0 Å². The van der Waals surface area contributed by atoms with Crippen molar-refractivity contribution in [3.8, 4) is 0 Å². The molecular formula is C13H16ClN3O3. The molecule has 0 bridgehead atoms. The summed E-state index contributed by atoms with van der Waals surface area (Å²) in [6, 6.07) is 3.99. The molecule has 1 aromatic carbocycles. The standard InChI is InChI=1S/C13H16ClN3O3/c1-7(17-20-3)9-4-10(6-11(14)5-9)13(19)16-8(2)12(15)18/h4-6,8H,1-3H3,(H2,15,18)(H,16,19)/b17-7+/t8-/m0/s1. The van der Waals surface area contributed by atoms with Gasteiger partial charge in [-0.05, 0) is 32.0 Å². The molecule has 6 nitrogen and oxygen atoms in total. The predicted octanol–water partition coefficient (Wildman–Crippen LogP) is 1.31. The lowest BCUT2D eigenvalue weighted by atomic mass is 10.1. The van der Waals surface area contributed by atoms with Gasteiger partial charge in [-0.2, -0.15) is 0 Å². The normalized spacial score (nSPS) is 12.7. The van der Waals surface area contributed by atoms with Crippen LogP contribution in [0.5, 0.6) is 0 Å². The maximum Gasteiger partial charge on any atom is 0.251 e. The zero-order chi connectivity index (χ0) is 15.3. The van der Waals surface area contributed by atoms with E-state index >= 15 is 0 Å². The molecule has 108 valence electrons. The fourth-order valence-corrected chi connectivity index (χ4v) is 1.71. The van der Waals surface area contributed by atoms with Crippen molar-refractivity contribution in [2.24, 2.45) is 10.9 Å². The highest BCUT2D eigenvalue weighted by Gasteiger charge is 2.15. The lowest BCUT2D eigenvalue weighted by molar-refractivity contribution is -0.119. The summed E-state index contributed by atoms with van der Waals surface area (Å²) < 4.78 is 0. The van der Waals surface area contributed by atoms with Gasteiger partial charge in [0.05, 0.1) is 5.71 Å². The highest BCUT2D eigenvalue weighted by Crippen LogP contribution is 2.16. The molecule has 3 N–H and O–H groups in total. The van der Waals surface area contributed by atoms with Crippen molar-refractivity contribution in [1.82, 2.24) is 5.32 Å². The average Bonchev–Trinajstić information content (AvgIpc) is 2.37. The number of oxime groups is 1. The maximum atomic E-state index is 12.0. The summed E-state index contributed by atoms with van der Waals surface area (Å²) >= 11 is 5.97. The summed E-state index contributed by atoms with van der Waals surface area (Å²) in [7, 11) is 1.43. The monoisotopic (exact) mass is 297 g/mol. The molecule has 20 heavy (non-hydrogen) atoms. The first-order chi connectivity index (χ1) is 9.35. The number of rotatable bonds is 5. The van der Waals surface area contributed by atoms with Gasteiger partial charge >= 0.3 is 0 Å². The molecule has 0 aliphatic carbocycles. The summed E-state index contributed by atoms with van der Waals surface area (Å²) in [6.07, 6.45) is 0. The smallest absolute Gasteiger partial charge is 0.251 e. The van der Waals surface area contributed by atoms with E-state index in [1.807, 2.05) is 0 Å². The van der Waals surface area contributed by atoms with Gasteiger partial charge in [-0.3, -0.25) is 9.59 Å². The SMILES string of the molecule is CO/N=C(\C)c1cc(Cl)cc(C(=O)N[C@@H](C)C(N)=O)c1. The van der Waals surface area contributed by atoms with Crippen molar-refractivity contribution in [2.75, 3.05) is 7.11 Å². The third-order valence-corrected chi connectivity index (χ3v) is 2.80. The number of nitrogens with one attached hydrogen (secondary N) is 1. The Bertz CT molecular complexity index is 558. The number of benzene rings is 1. The lowest BCUT2D eigenvalue weighted by Gasteiger charge is -2.11. The molecule has 0 aliphatic heterocycles. The molecule has 0 heterocycles. The summed E-state index contributed by atoms with van der Waals surface area (Å²) in [5.41, 5.74) is 6.63. The van der Waals surface area contributed by atoms with Crippen molar-refractivity contribution in [3.05, 3.63) is 34.3 Å². The number of nitrogens with two attached hydrogens (primary N) is 1. The van der Waals surface area contributed by atoms with Crippen LogP contribution in [0.2, 0.25) is 5.02 Å². The Hall–Kier alpha value is -2.08. The largest absolute Gasteiger partial charge is 0.399 e. The van der Waals surface area contributed by atoms with E-state index < -0.39 is 17.9 Å². The van der Waals surface area contributed by atoms with Gasteiger partial charge in [0.2, 0.25) is 5.91 Å². The molecule has 1 atom stereocenters. The topological polar surface area (TPSA) is 93.8 Å². The number of nitrogens with zero attached hydrogens (tertiary/aromatic N) is 1. The summed E-state index contributed by atoms with van der Waals surface area (Å²) in [6.45, 7) is 3.23. The molecule has 2 amide bonds. The van der Waals surface area contributed by atoms with E-state index in [9.17, 15) is 9.59 Å². The van der Waals surface area contributed by atoms with Crippen LogP contribution in [-0.4, -0.2) is 30.7 Å². The van der Waals surface area contributed by atoms with Crippen molar-refractivity contribution >= 4 is 29.1 Å². The van der Waals surface area contributed by atoms with Crippen LogP contribution in [0.4, 0.5) is 0 Å². The Balaban J connectivity index is 3.04. The molecule has 0 spiro atoms. The first kappa shape index (κ1) is 16.0. The number of amides is 2. The van der Waals surface area contributed by atoms with E-state index in [0.717, 1.165) is 0 Å². The highest BCUT2D eigenvalue weighted by molar-refractivity contribution is 6.31. The Morgan fingerprint density at radius 3 is 2.50 bits per heavy atom. The van der Waals surface area contributed by atoms with Crippen molar-refractivity contribution in [2.45, 2.75) is 19.9 Å². The van der Waals surface area contributed by atoms with E-state index in [4.69, 9.17) is 17.3 Å². The molecule has 0 saturated carbocycles. The van der Waals surface area contributed by atoms with Crippen LogP contribution in [-0.2, 0) is 9.63 Å². The maximum absolute atomic E-state index is 12.0. The number of carbonyl (C=O) groups excluding carboxylic acids is 2. The Morgan fingerprint density at radius 2 is 1.95 bits per heavy atom. The third kappa shape index (κ3) is 4.24. The first-order valence-corrected chi connectivity index (χ1v) is 6.22. The van der Waals surface area contributed by atoms with Gasteiger partial charge in [-0.1, -0.05) is 16.8 Å². The molecule has 1 aromatic rings. The van der Waals surface area contributed by atoms with Crippen LogP contribution in [0.1, 0.15) is 29.8 Å². The van der Waals surface area contributed by atoms with Gasteiger partial charge in [0.1, 0.15) is 13.2 Å². The van der Waals surface area contributed by atoms with Gasteiger partial charge in [-0.25, -0.2) is 0 Å². The van der Waals surface area contributed by atoms with E-state index in [1.165, 1.54) is 20.1 Å². The van der Waals surface area contributed by atoms with E-state index in [1.54, 1.807) is 19.1 Å². The van der Waals surface area contributed by atoms with Gasteiger partial charge in [-0.15, -0.1) is 0 Å². The lowest BCUT2D eigenvalue weighted by Crippen LogP contribution is -2.42. The summed E-state index contributed by atoms with van der Waals surface area (Å²) in [5.74, 6) is -1.05. The van der Waals surface area contributed by atoms with Gasteiger partial charge in [0, 0.05) is 16.1 Å². The van der Waals surface area contributed by atoms with Crippen LogP contribution in [0, 0.1) is 0 Å². The van der Waals surface area contributed by atoms with E-state index in [-0.39, 0.29) is 0 Å². The summed E-state index contributed by atoms with van der Waals surface area (Å²) in [4.78, 5) is 27.6. The second-order valence-corrected chi connectivity index (χ2v) is 4.62. The Morgan fingerprint density at radius 1 is 1.35 bits per heavy atom. The number of halogens is 1. The van der Waals surface area contributed by atoms with Crippen molar-refractivity contribution < 1.29 is 14.4 Å². The fraction of sp³-hybridized carbons (Fsp3) is 0.308. The molecular weight excluding hydrogens is 282 g/mol. The van der Waals surface area contributed by atoms with Gasteiger partial charge < -0.3 is 15.9 Å². The van der Waals surface area contributed by atoms with E-state index in [2.05, 4.69) is 15.3 Å². The molecule has 1 rings (SSSR count). The third-order valence-electron chi connectivity index (χ3n) is 2.58. The Kier molecular flexibility index (Phi) is 5.52. The van der Waals surface area contributed by atoms with Crippen LogP contribution >= 0.6 is 11.6 Å². The minimum Gasteiger partial charge on any atom is -0.399 e. The molecule has 0 radical (unpaired) electrons. The van der Waals surface area contributed by atoms with Crippen LogP contribution < -0.4 is 11.1 Å². The van der Waals surface area contributed by atoms with Crippen LogP contribution in [0.15, 0.2) is 23.4 Å². The quantitative estimate of drug-likeness (QED) is 0.634. The zero-order valence-electron chi connectivity index (χ0n) is 11.4. The van der Waals surface area contributed by atoms with Crippen molar-refractivity contribution in [3.63, 3.8) is 0 Å². The predicted molar refractivity (Wildman–Crippen MR) is 76.8 cm³/mol. The molecule has 0 aliphatic rings. The molecule has 7 heteroatoms. The van der Waals surface area contributed by atoms with Gasteiger partial charge in [0.25, 0.3) is 5.91 Å².